The van der Waals surface area contributed by atoms with Crippen molar-refractivity contribution in [2.75, 3.05) is 0 Å². The maximum atomic E-state index is 11.2. The van der Waals surface area contributed by atoms with Crippen LogP contribution in [0.15, 0.2) is 23.9 Å². The predicted molar refractivity (Wildman–Crippen MR) is 54.4 cm³/mol. The van der Waals surface area contributed by atoms with Crippen molar-refractivity contribution in [2.45, 2.75) is 0 Å². The summed E-state index contributed by atoms with van der Waals surface area (Å²) >= 11 is 0. The third-order valence-corrected chi connectivity index (χ3v) is 2.03. The molecule has 6 heteroatoms. The number of carbonyl (C=O) groups is 2. The van der Waals surface area contributed by atoms with Crippen LogP contribution in [-0.2, 0) is 4.79 Å². The van der Waals surface area contributed by atoms with Crippen LogP contribution < -0.4 is 10.6 Å². The quantitative estimate of drug-likeness (QED) is 0.310. The summed E-state index contributed by atoms with van der Waals surface area (Å²) in [6, 6.07) is 3.48. The number of amides is 3. The van der Waals surface area contributed by atoms with Gasteiger partial charge in [-0.05, 0) is 23.8 Å². The van der Waals surface area contributed by atoms with E-state index in [9.17, 15) is 14.7 Å². The zero-order valence-electron chi connectivity index (χ0n) is 8.02. The Kier molecular flexibility index (Phi) is 2.24. The lowest BCUT2D eigenvalue weighted by atomic mass is 10.1. The number of rotatable bonds is 1. The fraction of sp³-hybridized carbons (Fsp3) is 0. The van der Waals surface area contributed by atoms with E-state index >= 15 is 0 Å². The molecular formula is C10H8N2O4. The van der Waals surface area contributed by atoms with Gasteiger partial charge in [0.25, 0.3) is 5.91 Å². The zero-order valence-corrected chi connectivity index (χ0v) is 8.02. The molecule has 3 amide bonds. The molecule has 82 valence electrons. The Morgan fingerprint density at radius 3 is 2.38 bits per heavy atom. The molecule has 1 aliphatic rings. The lowest BCUT2D eigenvalue weighted by Crippen LogP contribution is -2.22. The molecule has 0 aliphatic carbocycles. The molecule has 1 aromatic carbocycles. The Labute approximate surface area is 90.2 Å². The SMILES string of the molecule is O=C1NC(=O)/C(=C/c2ccc(O)c(O)c2)N1. The minimum absolute atomic E-state index is 0.0927. The molecule has 0 bridgehead atoms. The van der Waals surface area contributed by atoms with Crippen molar-refractivity contribution >= 4 is 18.0 Å². The molecule has 0 radical (unpaired) electrons. The second kappa shape index (κ2) is 3.58. The minimum Gasteiger partial charge on any atom is -0.504 e. The van der Waals surface area contributed by atoms with Gasteiger partial charge in [0.15, 0.2) is 11.5 Å². The van der Waals surface area contributed by atoms with E-state index in [-0.39, 0.29) is 17.2 Å². The fourth-order valence-electron chi connectivity index (χ4n) is 1.28. The molecule has 1 aromatic rings. The molecule has 0 unspecified atom stereocenters. The molecule has 1 heterocycles. The van der Waals surface area contributed by atoms with Gasteiger partial charge in [-0.2, -0.15) is 0 Å². The molecule has 0 aromatic heterocycles. The second-order valence-electron chi connectivity index (χ2n) is 3.21. The standard InChI is InChI=1S/C10H8N2O4/c13-7-2-1-5(4-8(7)14)3-6-9(15)12-10(16)11-6/h1-4,13-14H,(H2,11,12,15,16)/b6-3-. The highest BCUT2D eigenvalue weighted by Gasteiger charge is 2.22. The van der Waals surface area contributed by atoms with Gasteiger partial charge in [-0.3, -0.25) is 10.1 Å². The van der Waals surface area contributed by atoms with Gasteiger partial charge in [-0.1, -0.05) is 6.07 Å². The Morgan fingerprint density at radius 2 is 1.81 bits per heavy atom. The number of phenols is 2. The lowest BCUT2D eigenvalue weighted by molar-refractivity contribution is -0.115. The summed E-state index contributed by atoms with van der Waals surface area (Å²) in [6.45, 7) is 0. The number of imide groups is 1. The van der Waals surface area contributed by atoms with Crippen LogP contribution in [0.3, 0.4) is 0 Å². The highest BCUT2D eigenvalue weighted by molar-refractivity contribution is 6.13. The van der Waals surface area contributed by atoms with Crippen LogP contribution in [0.1, 0.15) is 5.56 Å². The number of phenolic OH excluding ortho intramolecular Hbond substituents is 2. The molecule has 0 spiro atoms. The molecular weight excluding hydrogens is 212 g/mol. The number of hydrogen-bond donors (Lipinski definition) is 4. The van der Waals surface area contributed by atoms with E-state index in [4.69, 9.17) is 5.11 Å². The van der Waals surface area contributed by atoms with Crippen molar-refractivity contribution in [3.63, 3.8) is 0 Å². The average Bonchev–Trinajstić information content (AvgIpc) is 2.51. The molecule has 4 N–H and O–H groups in total. The second-order valence-corrected chi connectivity index (χ2v) is 3.21. The van der Waals surface area contributed by atoms with E-state index in [1.165, 1.54) is 24.3 Å². The molecule has 1 fully saturated rings. The maximum Gasteiger partial charge on any atom is 0.326 e. The van der Waals surface area contributed by atoms with Crippen LogP contribution in [0.5, 0.6) is 11.5 Å². The number of nitrogens with one attached hydrogen (secondary N) is 2. The van der Waals surface area contributed by atoms with Crippen LogP contribution in [-0.4, -0.2) is 22.2 Å². The number of urea groups is 1. The van der Waals surface area contributed by atoms with Crippen molar-refractivity contribution in [1.82, 2.24) is 10.6 Å². The predicted octanol–water partition coefficient (Wildman–Crippen LogP) is 0.278. The largest absolute Gasteiger partial charge is 0.504 e. The maximum absolute atomic E-state index is 11.2. The first-order valence-corrected chi connectivity index (χ1v) is 4.42. The topological polar surface area (TPSA) is 98.7 Å². The first-order chi connectivity index (χ1) is 7.56. The Balaban J connectivity index is 2.32. The summed E-state index contributed by atoms with van der Waals surface area (Å²) in [5.74, 6) is -1.07. The summed E-state index contributed by atoms with van der Waals surface area (Å²) in [7, 11) is 0. The van der Waals surface area contributed by atoms with Crippen LogP contribution in [0.2, 0.25) is 0 Å². The summed E-state index contributed by atoms with van der Waals surface area (Å²) in [5, 5.41) is 22.7. The molecule has 1 saturated heterocycles. The molecule has 16 heavy (non-hydrogen) atoms. The van der Waals surface area contributed by atoms with Gasteiger partial charge in [-0.15, -0.1) is 0 Å². The molecule has 2 rings (SSSR count). The number of carbonyl (C=O) groups excluding carboxylic acids is 2. The van der Waals surface area contributed by atoms with Gasteiger partial charge < -0.3 is 15.5 Å². The van der Waals surface area contributed by atoms with Crippen molar-refractivity contribution in [1.29, 1.82) is 0 Å². The third-order valence-electron chi connectivity index (χ3n) is 2.03. The Morgan fingerprint density at radius 1 is 1.06 bits per heavy atom. The third kappa shape index (κ3) is 1.81. The van der Waals surface area contributed by atoms with Crippen molar-refractivity contribution < 1.29 is 19.8 Å². The van der Waals surface area contributed by atoms with Gasteiger partial charge in [0.2, 0.25) is 0 Å². The average molecular weight is 220 g/mol. The normalized spacial score (nSPS) is 17.4. The van der Waals surface area contributed by atoms with Gasteiger partial charge in [0, 0.05) is 0 Å². The zero-order chi connectivity index (χ0) is 11.7. The van der Waals surface area contributed by atoms with E-state index in [0.717, 1.165) is 0 Å². The van der Waals surface area contributed by atoms with E-state index < -0.39 is 11.9 Å². The van der Waals surface area contributed by atoms with E-state index in [0.29, 0.717) is 5.56 Å². The number of aromatic hydroxyl groups is 2. The highest BCUT2D eigenvalue weighted by Crippen LogP contribution is 2.25. The Hall–Kier alpha value is -2.50. The van der Waals surface area contributed by atoms with Gasteiger partial charge in [0.05, 0.1) is 0 Å². The van der Waals surface area contributed by atoms with E-state index in [1.54, 1.807) is 0 Å². The summed E-state index contributed by atoms with van der Waals surface area (Å²) < 4.78 is 0. The fourth-order valence-corrected chi connectivity index (χ4v) is 1.28. The van der Waals surface area contributed by atoms with Crippen LogP contribution >= 0.6 is 0 Å². The van der Waals surface area contributed by atoms with Crippen LogP contribution in [0.25, 0.3) is 6.08 Å². The van der Waals surface area contributed by atoms with E-state index in [1.807, 2.05) is 5.32 Å². The molecule has 6 nitrogen and oxygen atoms in total. The molecule has 0 atom stereocenters. The van der Waals surface area contributed by atoms with Crippen LogP contribution in [0, 0.1) is 0 Å². The summed E-state index contributed by atoms with van der Waals surface area (Å²) in [5.41, 5.74) is 0.581. The minimum atomic E-state index is -0.584. The monoisotopic (exact) mass is 220 g/mol. The number of benzene rings is 1. The summed E-state index contributed by atoms with van der Waals surface area (Å²) in [4.78, 5) is 22.0. The first kappa shape index (κ1) is 10.0. The summed E-state index contributed by atoms with van der Waals surface area (Å²) in [6.07, 6.45) is 1.39. The van der Waals surface area contributed by atoms with Gasteiger partial charge in [-0.25, -0.2) is 4.79 Å². The van der Waals surface area contributed by atoms with Crippen molar-refractivity contribution in [3.05, 3.63) is 29.5 Å². The van der Waals surface area contributed by atoms with Crippen molar-refractivity contribution in [3.8, 4) is 11.5 Å². The smallest absolute Gasteiger partial charge is 0.326 e. The molecule has 1 aliphatic heterocycles. The Bertz CT molecular complexity index is 508. The van der Waals surface area contributed by atoms with Gasteiger partial charge >= 0.3 is 6.03 Å². The highest BCUT2D eigenvalue weighted by atomic mass is 16.3. The number of hydrogen-bond acceptors (Lipinski definition) is 4. The molecule has 0 saturated carbocycles. The lowest BCUT2D eigenvalue weighted by Gasteiger charge is -1.99. The first-order valence-electron chi connectivity index (χ1n) is 4.42. The van der Waals surface area contributed by atoms with Crippen LogP contribution in [0.4, 0.5) is 4.79 Å². The van der Waals surface area contributed by atoms with Gasteiger partial charge in [0.1, 0.15) is 5.70 Å². The van der Waals surface area contributed by atoms with Crippen molar-refractivity contribution in [2.24, 2.45) is 0 Å². The van der Waals surface area contributed by atoms with E-state index in [2.05, 4.69) is 5.32 Å².